The van der Waals surface area contributed by atoms with E-state index in [4.69, 9.17) is 9.47 Å². The predicted octanol–water partition coefficient (Wildman–Crippen LogP) is 3.10. The lowest BCUT2D eigenvalue weighted by Gasteiger charge is -2.30. The van der Waals surface area contributed by atoms with Crippen LogP contribution in [0, 0.1) is 5.92 Å². The molecule has 0 spiro atoms. The Morgan fingerprint density at radius 2 is 1.74 bits per heavy atom. The first-order valence-corrected chi connectivity index (χ1v) is 9.54. The number of nitrogens with zero attached hydrogens (tertiary/aromatic N) is 1. The second kappa shape index (κ2) is 9.97. The quantitative estimate of drug-likeness (QED) is 0.778. The van der Waals surface area contributed by atoms with E-state index < -0.39 is 0 Å². The Hall–Kier alpha value is -2.53. The van der Waals surface area contributed by atoms with E-state index >= 15 is 0 Å². The molecule has 0 saturated carbocycles. The zero-order valence-electron chi connectivity index (χ0n) is 15.9. The van der Waals surface area contributed by atoms with Gasteiger partial charge in [-0.25, -0.2) is 0 Å². The van der Waals surface area contributed by atoms with Gasteiger partial charge < -0.3 is 19.7 Å². The SMILES string of the molecule is COc1ccc(CN(CC2CCNCC2)C(=O)COc2ccccc2)cc1. The molecule has 0 unspecified atom stereocenters. The summed E-state index contributed by atoms with van der Waals surface area (Å²) in [6.45, 7) is 3.46. The molecule has 1 amide bonds. The van der Waals surface area contributed by atoms with E-state index in [0.717, 1.165) is 49.5 Å². The Morgan fingerprint density at radius 1 is 1.04 bits per heavy atom. The smallest absolute Gasteiger partial charge is 0.260 e. The van der Waals surface area contributed by atoms with Crippen LogP contribution in [0.1, 0.15) is 18.4 Å². The summed E-state index contributed by atoms with van der Waals surface area (Å²) in [4.78, 5) is 14.8. The minimum atomic E-state index is 0.0215. The Balaban J connectivity index is 1.64. The van der Waals surface area contributed by atoms with Crippen LogP contribution in [0.2, 0.25) is 0 Å². The standard InChI is InChI=1S/C22H28N2O3/c1-26-20-9-7-18(8-10-20)15-24(16-19-11-13-23-14-12-19)22(25)17-27-21-5-3-2-4-6-21/h2-10,19,23H,11-17H2,1H3. The monoisotopic (exact) mass is 368 g/mol. The van der Waals surface area contributed by atoms with Crippen LogP contribution >= 0.6 is 0 Å². The van der Waals surface area contributed by atoms with Gasteiger partial charge in [0.1, 0.15) is 11.5 Å². The van der Waals surface area contributed by atoms with Gasteiger partial charge in [-0.15, -0.1) is 0 Å². The van der Waals surface area contributed by atoms with E-state index in [1.165, 1.54) is 0 Å². The molecule has 1 fully saturated rings. The maximum absolute atomic E-state index is 12.9. The lowest BCUT2D eigenvalue weighted by atomic mass is 9.97. The van der Waals surface area contributed by atoms with Crippen molar-refractivity contribution in [1.82, 2.24) is 10.2 Å². The van der Waals surface area contributed by atoms with Crippen LogP contribution < -0.4 is 14.8 Å². The molecule has 2 aromatic rings. The fourth-order valence-electron chi connectivity index (χ4n) is 3.33. The zero-order chi connectivity index (χ0) is 18.9. The molecular weight excluding hydrogens is 340 g/mol. The second-order valence-electron chi connectivity index (χ2n) is 6.92. The fourth-order valence-corrected chi connectivity index (χ4v) is 3.33. The van der Waals surface area contributed by atoms with Crippen LogP contribution in [-0.4, -0.2) is 44.2 Å². The minimum absolute atomic E-state index is 0.0215. The molecule has 2 aromatic carbocycles. The molecule has 0 bridgehead atoms. The van der Waals surface area contributed by atoms with Gasteiger partial charge in [0.25, 0.3) is 5.91 Å². The number of benzene rings is 2. The summed E-state index contributed by atoms with van der Waals surface area (Å²) in [6, 6.07) is 17.4. The largest absolute Gasteiger partial charge is 0.497 e. The highest BCUT2D eigenvalue weighted by atomic mass is 16.5. The highest BCUT2D eigenvalue weighted by molar-refractivity contribution is 5.77. The second-order valence-corrected chi connectivity index (χ2v) is 6.92. The van der Waals surface area contributed by atoms with E-state index in [1.807, 2.05) is 59.5 Å². The van der Waals surface area contributed by atoms with E-state index in [9.17, 15) is 4.79 Å². The molecule has 1 aliphatic heterocycles. The van der Waals surface area contributed by atoms with Gasteiger partial charge >= 0.3 is 0 Å². The third-order valence-corrected chi connectivity index (χ3v) is 4.93. The maximum atomic E-state index is 12.9. The first-order chi connectivity index (χ1) is 13.2. The van der Waals surface area contributed by atoms with Gasteiger partial charge in [-0.05, 0) is 61.7 Å². The molecule has 144 valence electrons. The normalized spacial score (nSPS) is 14.6. The van der Waals surface area contributed by atoms with Crippen molar-refractivity contribution >= 4 is 5.91 Å². The molecule has 5 nitrogen and oxygen atoms in total. The van der Waals surface area contributed by atoms with Crippen molar-refractivity contribution in [3.63, 3.8) is 0 Å². The lowest BCUT2D eigenvalue weighted by Crippen LogP contribution is -2.41. The van der Waals surface area contributed by atoms with Crippen LogP contribution in [0.25, 0.3) is 0 Å². The fraction of sp³-hybridized carbons (Fsp3) is 0.409. The average Bonchev–Trinajstić information content (AvgIpc) is 2.73. The number of methoxy groups -OCH3 is 1. The van der Waals surface area contributed by atoms with Gasteiger partial charge in [0.15, 0.2) is 6.61 Å². The van der Waals surface area contributed by atoms with Crippen LogP contribution in [0.15, 0.2) is 54.6 Å². The van der Waals surface area contributed by atoms with Crippen molar-refractivity contribution in [2.24, 2.45) is 5.92 Å². The predicted molar refractivity (Wildman–Crippen MR) is 106 cm³/mol. The maximum Gasteiger partial charge on any atom is 0.260 e. The molecule has 5 heteroatoms. The molecule has 1 aliphatic rings. The van der Waals surface area contributed by atoms with Crippen molar-refractivity contribution in [2.75, 3.05) is 33.4 Å². The van der Waals surface area contributed by atoms with Crippen LogP contribution in [0.3, 0.4) is 0 Å². The first kappa shape index (κ1) is 19.2. The van der Waals surface area contributed by atoms with Crippen molar-refractivity contribution < 1.29 is 14.3 Å². The summed E-state index contributed by atoms with van der Waals surface area (Å²) in [5, 5.41) is 3.38. The van der Waals surface area contributed by atoms with Crippen molar-refractivity contribution in [2.45, 2.75) is 19.4 Å². The number of amides is 1. The Kier molecular flexibility index (Phi) is 7.11. The highest BCUT2D eigenvalue weighted by Gasteiger charge is 2.21. The van der Waals surface area contributed by atoms with Crippen molar-refractivity contribution in [3.8, 4) is 11.5 Å². The number of ether oxygens (including phenoxy) is 2. The summed E-state index contributed by atoms with van der Waals surface area (Å²) in [6.07, 6.45) is 2.21. The summed E-state index contributed by atoms with van der Waals surface area (Å²) in [7, 11) is 1.66. The average molecular weight is 368 g/mol. The number of nitrogens with one attached hydrogen (secondary N) is 1. The molecule has 0 aliphatic carbocycles. The van der Waals surface area contributed by atoms with Gasteiger partial charge in [0.2, 0.25) is 0 Å². The van der Waals surface area contributed by atoms with Crippen LogP contribution in [-0.2, 0) is 11.3 Å². The number of para-hydroxylation sites is 1. The third kappa shape index (κ3) is 6.00. The molecule has 0 radical (unpaired) electrons. The number of hydrogen-bond acceptors (Lipinski definition) is 4. The van der Waals surface area contributed by atoms with Gasteiger partial charge in [-0.2, -0.15) is 0 Å². The Labute approximate surface area is 161 Å². The van der Waals surface area contributed by atoms with Crippen molar-refractivity contribution in [1.29, 1.82) is 0 Å². The summed E-state index contributed by atoms with van der Waals surface area (Å²) in [5.74, 6) is 2.10. The van der Waals surface area contributed by atoms with E-state index in [1.54, 1.807) is 7.11 Å². The summed E-state index contributed by atoms with van der Waals surface area (Å²) < 4.78 is 10.9. The molecule has 27 heavy (non-hydrogen) atoms. The third-order valence-electron chi connectivity index (χ3n) is 4.93. The summed E-state index contributed by atoms with van der Waals surface area (Å²) >= 11 is 0. The van der Waals surface area contributed by atoms with Gasteiger partial charge in [0.05, 0.1) is 7.11 Å². The highest BCUT2D eigenvalue weighted by Crippen LogP contribution is 2.18. The van der Waals surface area contributed by atoms with E-state index in [0.29, 0.717) is 12.5 Å². The van der Waals surface area contributed by atoms with E-state index in [2.05, 4.69) is 5.32 Å². The lowest BCUT2D eigenvalue weighted by molar-refractivity contribution is -0.134. The summed E-state index contributed by atoms with van der Waals surface area (Å²) in [5.41, 5.74) is 1.10. The topological polar surface area (TPSA) is 50.8 Å². The number of hydrogen-bond donors (Lipinski definition) is 1. The van der Waals surface area contributed by atoms with Crippen LogP contribution in [0.5, 0.6) is 11.5 Å². The molecule has 1 N–H and O–H groups in total. The number of rotatable bonds is 8. The Morgan fingerprint density at radius 3 is 2.41 bits per heavy atom. The van der Waals surface area contributed by atoms with Crippen molar-refractivity contribution in [3.05, 3.63) is 60.2 Å². The molecule has 0 atom stereocenters. The number of carbonyl (C=O) groups excluding carboxylic acids is 1. The molecule has 3 rings (SSSR count). The molecule has 1 saturated heterocycles. The molecular formula is C22H28N2O3. The van der Waals surface area contributed by atoms with Gasteiger partial charge in [0, 0.05) is 13.1 Å². The van der Waals surface area contributed by atoms with Gasteiger partial charge in [-0.3, -0.25) is 4.79 Å². The number of piperidine rings is 1. The van der Waals surface area contributed by atoms with E-state index in [-0.39, 0.29) is 12.5 Å². The van der Waals surface area contributed by atoms with Crippen LogP contribution in [0.4, 0.5) is 0 Å². The first-order valence-electron chi connectivity index (χ1n) is 9.54. The number of carbonyl (C=O) groups is 1. The zero-order valence-corrected chi connectivity index (χ0v) is 15.9. The minimum Gasteiger partial charge on any atom is -0.497 e. The van der Waals surface area contributed by atoms with Gasteiger partial charge in [-0.1, -0.05) is 30.3 Å². The molecule has 1 heterocycles. The molecule has 0 aromatic heterocycles. The Bertz CT molecular complexity index is 697.